The van der Waals surface area contributed by atoms with Crippen molar-refractivity contribution < 1.29 is 14.3 Å². The van der Waals surface area contributed by atoms with Crippen LogP contribution in [0.25, 0.3) is 11.0 Å². The Morgan fingerprint density at radius 1 is 1.15 bits per heavy atom. The normalized spacial score (nSPS) is 16.9. The second-order valence-corrected chi connectivity index (χ2v) is 6.97. The zero-order valence-corrected chi connectivity index (χ0v) is 14.7. The van der Waals surface area contributed by atoms with Crippen molar-refractivity contribution in [2.75, 3.05) is 13.1 Å². The van der Waals surface area contributed by atoms with Crippen LogP contribution in [0.4, 0.5) is 4.39 Å². The highest BCUT2D eigenvalue weighted by Gasteiger charge is 2.21. The number of carboxylic acid groups (broad SMARTS) is 1. The van der Waals surface area contributed by atoms with E-state index in [2.05, 4.69) is 5.32 Å². The van der Waals surface area contributed by atoms with Gasteiger partial charge in [0.25, 0.3) is 0 Å². The fourth-order valence-corrected chi connectivity index (χ4v) is 3.68. The fraction of sp³-hybridized carbons (Fsp3) is 0.300. The number of carbonyl (C=O) groups is 1. The van der Waals surface area contributed by atoms with Crippen molar-refractivity contribution in [1.82, 2.24) is 14.5 Å². The van der Waals surface area contributed by atoms with Crippen LogP contribution >= 0.6 is 0 Å². The number of nitrogens with zero attached hydrogens (tertiary/aromatic N) is 2. The highest BCUT2D eigenvalue weighted by atomic mass is 19.1. The number of aromatic nitrogens is 2. The summed E-state index contributed by atoms with van der Waals surface area (Å²) >= 11 is 0. The molecule has 7 heteroatoms. The van der Waals surface area contributed by atoms with Crippen LogP contribution in [0.2, 0.25) is 0 Å². The first-order valence-corrected chi connectivity index (χ1v) is 8.94. The fourth-order valence-electron chi connectivity index (χ4n) is 3.68. The first kappa shape index (κ1) is 17.5. The molecule has 1 aliphatic rings. The van der Waals surface area contributed by atoms with E-state index in [1.54, 1.807) is 33.4 Å². The lowest BCUT2D eigenvalue weighted by atomic mass is 10.1. The van der Waals surface area contributed by atoms with Gasteiger partial charge in [-0.1, -0.05) is 12.1 Å². The summed E-state index contributed by atoms with van der Waals surface area (Å²) in [6.07, 6.45) is 0.982. The lowest BCUT2D eigenvalue weighted by Crippen LogP contribution is -2.28. The number of hydrogen-bond acceptors (Lipinski definition) is 3. The van der Waals surface area contributed by atoms with Gasteiger partial charge in [-0.2, -0.15) is 0 Å². The maximum Gasteiger partial charge on any atom is 0.335 e. The number of halogens is 1. The van der Waals surface area contributed by atoms with Gasteiger partial charge in [0, 0.05) is 6.54 Å². The number of fused-ring (bicyclic) bond motifs is 1. The van der Waals surface area contributed by atoms with E-state index >= 15 is 0 Å². The van der Waals surface area contributed by atoms with E-state index in [4.69, 9.17) is 0 Å². The summed E-state index contributed by atoms with van der Waals surface area (Å²) in [5, 5.41) is 12.6. The zero-order chi connectivity index (χ0) is 19.0. The number of aromatic carboxylic acids is 1. The topological polar surface area (TPSA) is 76.3 Å². The van der Waals surface area contributed by atoms with Gasteiger partial charge in [0.05, 0.1) is 23.1 Å². The molecule has 0 bridgehead atoms. The molecule has 1 fully saturated rings. The van der Waals surface area contributed by atoms with Gasteiger partial charge < -0.3 is 10.4 Å². The average Bonchev–Trinajstić information content (AvgIpc) is 3.26. The lowest BCUT2D eigenvalue weighted by Gasteiger charge is -2.09. The Balaban J connectivity index is 1.82. The summed E-state index contributed by atoms with van der Waals surface area (Å²) in [5.74, 6) is -1.01. The second-order valence-electron chi connectivity index (χ2n) is 6.97. The molecule has 2 aromatic carbocycles. The maximum atomic E-state index is 13.2. The molecule has 0 saturated carbocycles. The molecule has 2 N–H and O–H groups in total. The summed E-state index contributed by atoms with van der Waals surface area (Å²) in [5.41, 5.74) is 2.08. The molecule has 0 amide bonds. The molecule has 0 spiro atoms. The number of nitrogens with one attached hydrogen (secondary N) is 1. The van der Waals surface area contributed by atoms with Gasteiger partial charge >= 0.3 is 11.7 Å². The van der Waals surface area contributed by atoms with E-state index in [0.29, 0.717) is 30.0 Å². The molecule has 27 heavy (non-hydrogen) atoms. The first-order valence-electron chi connectivity index (χ1n) is 8.94. The van der Waals surface area contributed by atoms with Crippen LogP contribution in [-0.2, 0) is 13.1 Å². The molecular formula is C20H20FN3O3. The third kappa shape index (κ3) is 3.38. The molecular weight excluding hydrogens is 349 g/mol. The van der Waals surface area contributed by atoms with Crippen molar-refractivity contribution >= 4 is 17.0 Å². The SMILES string of the molecule is O=C(O)c1ccc2c(c1)n(CC1CCNC1)c(=O)n2Cc1ccc(F)cc1. The Kier molecular flexibility index (Phi) is 4.53. The van der Waals surface area contributed by atoms with Crippen molar-refractivity contribution in [3.8, 4) is 0 Å². The van der Waals surface area contributed by atoms with E-state index in [1.807, 2.05) is 0 Å². The molecule has 1 unspecified atom stereocenters. The summed E-state index contributed by atoms with van der Waals surface area (Å²) in [6, 6.07) is 10.8. The van der Waals surface area contributed by atoms with E-state index in [0.717, 1.165) is 25.1 Å². The van der Waals surface area contributed by atoms with E-state index in [1.165, 1.54) is 18.2 Å². The summed E-state index contributed by atoms with van der Waals surface area (Å²) in [7, 11) is 0. The van der Waals surface area contributed by atoms with Crippen LogP contribution < -0.4 is 11.0 Å². The Morgan fingerprint density at radius 2 is 1.93 bits per heavy atom. The third-order valence-corrected chi connectivity index (χ3v) is 5.12. The minimum atomic E-state index is -1.02. The van der Waals surface area contributed by atoms with Gasteiger partial charge in [0.2, 0.25) is 0 Å². The quantitative estimate of drug-likeness (QED) is 0.724. The molecule has 2 heterocycles. The number of imidazole rings is 1. The minimum Gasteiger partial charge on any atom is -0.478 e. The number of hydrogen-bond donors (Lipinski definition) is 2. The average molecular weight is 369 g/mol. The van der Waals surface area contributed by atoms with Gasteiger partial charge in [0.1, 0.15) is 5.82 Å². The van der Waals surface area contributed by atoms with Crippen LogP contribution in [0.1, 0.15) is 22.3 Å². The van der Waals surface area contributed by atoms with Crippen molar-refractivity contribution in [3.05, 3.63) is 69.9 Å². The molecule has 1 saturated heterocycles. The molecule has 140 valence electrons. The van der Waals surface area contributed by atoms with Crippen molar-refractivity contribution in [2.24, 2.45) is 5.92 Å². The molecule has 3 aromatic rings. The van der Waals surface area contributed by atoms with Crippen LogP contribution in [0, 0.1) is 11.7 Å². The van der Waals surface area contributed by atoms with E-state index in [-0.39, 0.29) is 17.1 Å². The van der Waals surface area contributed by atoms with Crippen molar-refractivity contribution in [1.29, 1.82) is 0 Å². The molecule has 0 radical (unpaired) electrons. The van der Waals surface area contributed by atoms with Gasteiger partial charge in [-0.25, -0.2) is 14.0 Å². The van der Waals surface area contributed by atoms with Crippen LogP contribution in [-0.4, -0.2) is 33.3 Å². The smallest absolute Gasteiger partial charge is 0.335 e. The largest absolute Gasteiger partial charge is 0.478 e. The number of carboxylic acids is 1. The van der Waals surface area contributed by atoms with Crippen LogP contribution in [0.5, 0.6) is 0 Å². The Labute approximate surface area is 154 Å². The molecule has 4 rings (SSSR count). The van der Waals surface area contributed by atoms with Crippen LogP contribution in [0.15, 0.2) is 47.3 Å². The Morgan fingerprint density at radius 3 is 2.59 bits per heavy atom. The molecule has 1 aliphatic heterocycles. The highest BCUT2D eigenvalue weighted by Crippen LogP contribution is 2.20. The highest BCUT2D eigenvalue weighted by molar-refractivity contribution is 5.92. The summed E-state index contributed by atoms with van der Waals surface area (Å²) in [4.78, 5) is 24.5. The first-order chi connectivity index (χ1) is 13.0. The maximum absolute atomic E-state index is 13.2. The summed E-state index contributed by atoms with van der Waals surface area (Å²) < 4.78 is 16.5. The number of benzene rings is 2. The third-order valence-electron chi connectivity index (χ3n) is 5.12. The lowest BCUT2D eigenvalue weighted by molar-refractivity contribution is 0.0697. The van der Waals surface area contributed by atoms with Gasteiger partial charge in [-0.05, 0) is 61.3 Å². The standard InChI is InChI=1S/C20H20FN3O3/c21-16-4-1-13(2-5-16)11-23-17-6-3-15(19(25)26)9-18(17)24(20(23)27)12-14-7-8-22-10-14/h1-6,9,14,22H,7-8,10-12H2,(H,25,26). The van der Waals surface area contributed by atoms with Gasteiger partial charge in [-0.15, -0.1) is 0 Å². The van der Waals surface area contributed by atoms with Gasteiger partial charge in [0.15, 0.2) is 0 Å². The Hall–Kier alpha value is -2.93. The number of rotatable bonds is 5. The summed E-state index contributed by atoms with van der Waals surface area (Å²) in [6.45, 7) is 2.61. The molecule has 1 atom stereocenters. The van der Waals surface area contributed by atoms with Gasteiger partial charge in [-0.3, -0.25) is 9.13 Å². The van der Waals surface area contributed by atoms with Crippen molar-refractivity contribution in [2.45, 2.75) is 19.5 Å². The van der Waals surface area contributed by atoms with E-state index in [9.17, 15) is 19.1 Å². The second kappa shape index (κ2) is 7.00. The van der Waals surface area contributed by atoms with E-state index < -0.39 is 5.97 Å². The van der Waals surface area contributed by atoms with Crippen LogP contribution in [0.3, 0.4) is 0 Å². The monoisotopic (exact) mass is 369 g/mol. The van der Waals surface area contributed by atoms with Crippen molar-refractivity contribution in [3.63, 3.8) is 0 Å². The molecule has 6 nitrogen and oxygen atoms in total. The predicted molar refractivity (Wildman–Crippen MR) is 99.6 cm³/mol. The minimum absolute atomic E-state index is 0.153. The molecule has 0 aliphatic carbocycles. The zero-order valence-electron chi connectivity index (χ0n) is 14.7. The predicted octanol–water partition coefficient (Wildman–Crippen LogP) is 2.30. The molecule has 1 aromatic heterocycles. The Bertz CT molecular complexity index is 1050.